The van der Waals surface area contributed by atoms with Gasteiger partial charge < -0.3 is 18.7 Å². The molecule has 1 atom stereocenters. The molecule has 0 amide bonds. The summed E-state index contributed by atoms with van der Waals surface area (Å²) in [7, 11) is 2.37. The zero-order valence-electron chi connectivity index (χ0n) is 30.7. The van der Waals surface area contributed by atoms with Crippen molar-refractivity contribution < 1.29 is 18.7 Å². The third-order valence-corrected chi connectivity index (χ3v) is 9.99. The molecule has 4 heteroatoms. The first-order chi connectivity index (χ1) is 21.7. The molecule has 1 aliphatic heterocycles. The first-order valence-corrected chi connectivity index (χ1v) is 20.3. The summed E-state index contributed by atoms with van der Waals surface area (Å²) in [4.78, 5) is 0. The number of nitrogens with zero attached hydrogens (tertiary/aromatic N) is 1. The van der Waals surface area contributed by atoms with Gasteiger partial charge in [0, 0.05) is 13.2 Å². The predicted molar refractivity (Wildman–Crippen MR) is 193 cm³/mol. The lowest BCUT2D eigenvalue weighted by Gasteiger charge is -2.39. The lowest BCUT2D eigenvalue weighted by molar-refractivity contribution is -0.919. The molecule has 1 aliphatic rings. The molecule has 0 aromatic carbocycles. The Hall–Kier alpha value is -0.160. The average molecular weight is 625 g/mol. The van der Waals surface area contributed by atoms with E-state index in [1.807, 2.05) is 0 Å². The minimum atomic E-state index is 0.215. The van der Waals surface area contributed by atoms with Gasteiger partial charge in [0.15, 0.2) is 0 Å². The van der Waals surface area contributed by atoms with Crippen LogP contribution in [0.3, 0.4) is 0 Å². The van der Waals surface area contributed by atoms with Gasteiger partial charge in [-0.1, -0.05) is 181 Å². The summed E-state index contributed by atoms with van der Waals surface area (Å²) in [5.74, 6) is 0. The van der Waals surface area contributed by atoms with Crippen LogP contribution in [0.2, 0.25) is 0 Å². The highest BCUT2D eigenvalue weighted by Gasteiger charge is 2.29. The normalized spacial score (nSPS) is 15.6. The van der Waals surface area contributed by atoms with Crippen molar-refractivity contribution in [3.8, 4) is 0 Å². The van der Waals surface area contributed by atoms with Gasteiger partial charge in [0.1, 0.15) is 25.7 Å². The third kappa shape index (κ3) is 28.1. The van der Waals surface area contributed by atoms with Crippen LogP contribution in [0.1, 0.15) is 194 Å². The summed E-state index contributed by atoms with van der Waals surface area (Å²) in [6.07, 6.45) is 39.5. The third-order valence-electron chi connectivity index (χ3n) is 9.99. The number of unbranched alkanes of at least 4 members (excludes halogenated alkanes) is 26. The molecule has 264 valence electrons. The summed E-state index contributed by atoms with van der Waals surface area (Å²) in [6, 6.07) is 0. The monoisotopic (exact) mass is 625 g/mol. The maximum Gasteiger partial charge on any atom is 0.130 e. The number of ether oxygens (including phenoxy) is 3. The molecule has 1 unspecified atom stereocenters. The molecular weight excluding hydrogens is 542 g/mol. The van der Waals surface area contributed by atoms with Crippen LogP contribution < -0.4 is 0 Å². The van der Waals surface area contributed by atoms with Crippen LogP contribution in [0.15, 0.2) is 0 Å². The largest absolute Gasteiger partial charge is 0.379 e. The van der Waals surface area contributed by atoms with E-state index < -0.39 is 0 Å². The maximum atomic E-state index is 6.46. The fourth-order valence-corrected chi connectivity index (χ4v) is 6.77. The van der Waals surface area contributed by atoms with Crippen molar-refractivity contribution in [2.24, 2.45) is 0 Å². The Bertz CT molecular complexity index is 551. The van der Waals surface area contributed by atoms with E-state index in [1.165, 1.54) is 180 Å². The summed E-state index contributed by atoms with van der Waals surface area (Å²) in [5, 5.41) is 0. The van der Waals surface area contributed by atoms with Gasteiger partial charge in [-0.15, -0.1) is 0 Å². The minimum absolute atomic E-state index is 0.215. The number of hydrogen-bond acceptors (Lipinski definition) is 3. The van der Waals surface area contributed by atoms with Crippen molar-refractivity contribution in [2.75, 3.05) is 59.7 Å². The van der Waals surface area contributed by atoms with Gasteiger partial charge in [0.05, 0.1) is 26.9 Å². The second-order valence-electron chi connectivity index (χ2n) is 14.6. The van der Waals surface area contributed by atoms with Gasteiger partial charge in [-0.2, -0.15) is 0 Å². The molecule has 0 bridgehead atoms. The molecule has 0 N–H and O–H groups in total. The standard InChI is InChI=1S/C40H82NO3/c1-4-6-8-10-12-14-16-18-20-22-24-26-28-30-34-43-39-40(38-41(3)32-36-42-37-33-41)44-35-31-29-27-25-23-21-19-17-15-13-11-9-7-5-2/h40H,4-39H2,1-3H3/q+1. The molecule has 1 rings (SSSR count). The zero-order chi connectivity index (χ0) is 31.7. The van der Waals surface area contributed by atoms with Gasteiger partial charge in [-0.3, -0.25) is 0 Å². The van der Waals surface area contributed by atoms with Crippen LogP contribution in [0, 0.1) is 0 Å². The lowest BCUT2D eigenvalue weighted by Crippen LogP contribution is -2.56. The van der Waals surface area contributed by atoms with Gasteiger partial charge in [0.25, 0.3) is 0 Å². The van der Waals surface area contributed by atoms with Crippen molar-refractivity contribution >= 4 is 0 Å². The summed E-state index contributed by atoms with van der Waals surface area (Å²) < 4.78 is 19.4. The van der Waals surface area contributed by atoms with E-state index in [2.05, 4.69) is 20.9 Å². The SMILES string of the molecule is CCCCCCCCCCCCCCCCOCC(C[N+]1(C)CCOCC1)OCCCCCCCCCCCCCCCC. The quantitative estimate of drug-likeness (QED) is 0.0518. The van der Waals surface area contributed by atoms with E-state index >= 15 is 0 Å². The molecular formula is C40H82NO3+. The molecule has 1 heterocycles. The maximum absolute atomic E-state index is 6.46. The smallest absolute Gasteiger partial charge is 0.130 e. The van der Waals surface area contributed by atoms with Gasteiger partial charge in [-0.25, -0.2) is 0 Å². The van der Waals surface area contributed by atoms with E-state index in [0.29, 0.717) is 0 Å². The minimum Gasteiger partial charge on any atom is -0.379 e. The molecule has 0 aromatic rings. The Balaban J connectivity index is 2.02. The van der Waals surface area contributed by atoms with Crippen molar-refractivity contribution in [1.82, 2.24) is 0 Å². The van der Waals surface area contributed by atoms with Crippen LogP contribution >= 0.6 is 0 Å². The molecule has 4 nitrogen and oxygen atoms in total. The summed E-state index contributed by atoms with van der Waals surface area (Å²) >= 11 is 0. The Labute approximate surface area is 277 Å². The summed E-state index contributed by atoms with van der Waals surface area (Å²) in [6.45, 7) is 12.1. The van der Waals surface area contributed by atoms with Crippen molar-refractivity contribution in [3.05, 3.63) is 0 Å². The van der Waals surface area contributed by atoms with E-state index in [0.717, 1.165) is 57.2 Å². The van der Waals surface area contributed by atoms with E-state index in [4.69, 9.17) is 14.2 Å². The number of rotatable bonds is 35. The van der Waals surface area contributed by atoms with Gasteiger partial charge in [-0.05, 0) is 12.8 Å². The first-order valence-electron chi connectivity index (χ1n) is 20.3. The van der Waals surface area contributed by atoms with Crippen molar-refractivity contribution in [3.63, 3.8) is 0 Å². The molecule has 0 radical (unpaired) electrons. The Morgan fingerprint density at radius 3 is 1.20 bits per heavy atom. The highest BCUT2D eigenvalue weighted by molar-refractivity contribution is 4.60. The first kappa shape index (κ1) is 41.9. The molecule has 0 aliphatic carbocycles. The second kappa shape index (κ2) is 32.8. The van der Waals surface area contributed by atoms with Crippen LogP contribution in [0.4, 0.5) is 0 Å². The highest BCUT2D eigenvalue weighted by Crippen LogP contribution is 2.16. The van der Waals surface area contributed by atoms with Crippen molar-refractivity contribution in [1.29, 1.82) is 0 Å². The number of morpholine rings is 1. The van der Waals surface area contributed by atoms with E-state index in [-0.39, 0.29) is 6.10 Å². The molecule has 0 aromatic heterocycles. The van der Waals surface area contributed by atoms with Crippen LogP contribution in [-0.2, 0) is 14.2 Å². The van der Waals surface area contributed by atoms with Crippen LogP contribution in [-0.4, -0.2) is 70.3 Å². The lowest BCUT2D eigenvalue weighted by atomic mass is 10.0. The van der Waals surface area contributed by atoms with E-state index in [1.54, 1.807) is 0 Å². The number of likely N-dealkylation sites (N-methyl/N-ethyl adjacent to an activating group) is 1. The van der Waals surface area contributed by atoms with Gasteiger partial charge >= 0.3 is 0 Å². The Morgan fingerprint density at radius 2 is 0.818 bits per heavy atom. The molecule has 0 spiro atoms. The molecule has 1 fully saturated rings. The van der Waals surface area contributed by atoms with Crippen LogP contribution in [0.5, 0.6) is 0 Å². The second-order valence-corrected chi connectivity index (χ2v) is 14.6. The molecule has 1 saturated heterocycles. The van der Waals surface area contributed by atoms with Crippen LogP contribution in [0.25, 0.3) is 0 Å². The molecule has 0 saturated carbocycles. The average Bonchev–Trinajstić information content (AvgIpc) is 3.02. The number of hydrogen-bond donors (Lipinski definition) is 0. The number of quaternary nitrogens is 1. The summed E-state index contributed by atoms with van der Waals surface area (Å²) in [5.41, 5.74) is 0. The highest BCUT2D eigenvalue weighted by atomic mass is 16.5. The van der Waals surface area contributed by atoms with E-state index in [9.17, 15) is 0 Å². The fraction of sp³-hybridized carbons (Fsp3) is 1.00. The molecule has 44 heavy (non-hydrogen) atoms. The topological polar surface area (TPSA) is 27.7 Å². The Kier molecular flexibility index (Phi) is 31.2. The zero-order valence-corrected chi connectivity index (χ0v) is 30.7. The predicted octanol–water partition coefficient (Wildman–Crippen LogP) is 11.8. The fourth-order valence-electron chi connectivity index (χ4n) is 6.77. The van der Waals surface area contributed by atoms with Gasteiger partial charge in [0.2, 0.25) is 0 Å². The Morgan fingerprint density at radius 1 is 0.477 bits per heavy atom. The van der Waals surface area contributed by atoms with Crippen molar-refractivity contribution in [2.45, 2.75) is 200 Å².